The molecule has 2 aromatic carbocycles. The molecule has 33 heavy (non-hydrogen) atoms. The zero-order valence-electron chi connectivity index (χ0n) is 19.3. The second-order valence-corrected chi connectivity index (χ2v) is 8.37. The number of hydrogen-bond acceptors (Lipinski definition) is 4. The summed E-state index contributed by atoms with van der Waals surface area (Å²) >= 11 is 0. The first kappa shape index (κ1) is 22.1. The summed E-state index contributed by atoms with van der Waals surface area (Å²) in [6, 6.07) is 16.3. The van der Waals surface area contributed by atoms with Gasteiger partial charge in [0.15, 0.2) is 0 Å². The maximum atomic E-state index is 13.2. The van der Waals surface area contributed by atoms with E-state index in [4.69, 9.17) is 0 Å². The fourth-order valence-corrected chi connectivity index (χ4v) is 4.05. The average Bonchev–Trinajstić information content (AvgIpc) is 3.04. The van der Waals surface area contributed by atoms with Crippen LogP contribution >= 0.6 is 0 Å². The van der Waals surface area contributed by atoms with Gasteiger partial charge in [-0.3, -0.25) is 14.9 Å². The molecule has 7 nitrogen and oxygen atoms in total. The fraction of sp³-hybridized carbons (Fsp3) is 0.192. The highest BCUT2D eigenvalue weighted by Gasteiger charge is 2.37. The lowest BCUT2D eigenvalue weighted by atomic mass is 10.1. The topological polar surface area (TPSA) is 74.7 Å². The molecule has 1 aliphatic rings. The molecule has 7 heteroatoms. The minimum Gasteiger partial charge on any atom is -0.378 e. The highest BCUT2D eigenvalue weighted by atomic mass is 16.2. The Kier molecular flexibility index (Phi) is 5.64. The summed E-state index contributed by atoms with van der Waals surface area (Å²) in [5, 5.41) is 2.28. The van der Waals surface area contributed by atoms with E-state index in [1.165, 1.54) is 0 Å². The number of amides is 4. The van der Waals surface area contributed by atoms with E-state index in [0.29, 0.717) is 5.69 Å². The molecule has 4 rings (SSSR count). The molecule has 0 saturated carbocycles. The lowest BCUT2D eigenvalue weighted by molar-refractivity contribution is -0.122. The van der Waals surface area contributed by atoms with E-state index in [0.717, 1.165) is 38.8 Å². The fourth-order valence-electron chi connectivity index (χ4n) is 4.05. The Labute approximate surface area is 192 Å². The number of benzene rings is 2. The van der Waals surface area contributed by atoms with Crippen molar-refractivity contribution in [3.05, 3.63) is 82.7 Å². The molecule has 1 aliphatic heterocycles. The second-order valence-electron chi connectivity index (χ2n) is 8.37. The first-order valence-electron chi connectivity index (χ1n) is 10.6. The van der Waals surface area contributed by atoms with Gasteiger partial charge in [-0.25, -0.2) is 9.69 Å². The van der Waals surface area contributed by atoms with Gasteiger partial charge in [-0.15, -0.1) is 0 Å². The Bertz CT molecular complexity index is 1300. The molecule has 3 aromatic rings. The van der Waals surface area contributed by atoms with E-state index in [-0.39, 0.29) is 5.57 Å². The van der Waals surface area contributed by atoms with Crippen molar-refractivity contribution in [2.45, 2.75) is 20.8 Å². The summed E-state index contributed by atoms with van der Waals surface area (Å²) in [5.74, 6) is -1.34. The third-order valence-electron chi connectivity index (χ3n) is 5.76. The molecule has 168 valence electrons. The van der Waals surface area contributed by atoms with Gasteiger partial charge in [-0.1, -0.05) is 12.1 Å². The van der Waals surface area contributed by atoms with Crippen LogP contribution in [0, 0.1) is 20.8 Å². The first-order valence-corrected chi connectivity index (χ1v) is 10.6. The monoisotopic (exact) mass is 442 g/mol. The van der Waals surface area contributed by atoms with E-state index in [1.54, 1.807) is 24.3 Å². The molecule has 0 aliphatic carbocycles. The molecule has 1 N–H and O–H groups in total. The number of aryl methyl sites for hydroxylation is 2. The summed E-state index contributed by atoms with van der Waals surface area (Å²) in [5.41, 5.74) is 5.90. The van der Waals surface area contributed by atoms with Gasteiger partial charge in [0.1, 0.15) is 5.57 Å². The average molecular weight is 443 g/mol. The number of barbiturate groups is 1. The summed E-state index contributed by atoms with van der Waals surface area (Å²) < 4.78 is 2.07. The number of nitrogens with zero attached hydrogens (tertiary/aromatic N) is 3. The van der Waals surface area contributed by atoms with E-state index < -0.39 is 17.8 Å². The number of carbonyl (C=O) groups is 3. The highest BCUT2D eigenvalue weighted by Crippen LogP contribution is 2.27. The van der Waals surface area contributed by atoms with Crippen molar-refractivity contribution in [3.63, 3.8) is 0 Å². The molecule has 0 radical (unpaired) electrons. The normalized spacial score (nSPS) is 15.2. The largest absolute Gasteiger partial charge is 0.378 e. The molecule has 1 aromatic heterocycles. The van der Waals surface area contributed by atoms with Crippen molar-refractivity contribution in [1.82, 2.24) is 9.88 Å². The number of nitrogens with one attached hydrogen (secondary N) is 1. The Morgan fingerprint density at radius 1 is 0.879 bits per heavy atom. The number of rotatable bonds is 4. The van der Waals surface area contributed by atoms with Crippen LogP contribution in [-0.2, 0) is 9.59 Å². The van der Waals surface area contributed by atoms with Gasteiger partial charge >= 0.3 is 6.03 Å². The van der Waals surface area contributed by atoms with Crippen molar-refractivity contribution in [2.75, 3.05) is 23.9 Å². The summed E-state index contributed by atoms with van der Waals surface area (Å²) in [7, 11) is 3.98. The molecular formula is C26H26N4O3. The Morgan fingerprint density at radius 2 is 1.58 bits per heavy atom. The van der Waals surface area contributed by atoms with Gasteiger partial charge in [0.05, 0.1) is 5.69 Å². The second kappa shape index (κ2) is 8.43. The van der Waals surface area contributed by atoms with E-state index in [2.05, 4.69) is 9.88 Å². The Balaban J connectivity index is 1.73. The molecule has 2 heterocycles. The van der Waals surface area contributed by atoms with Gasteiger partial charge in [0.2, 0.25) is 0 Å². The van der Waals surface area contributed by atoms with Gasteiger partial charge in [0.25, 0.3) is 11.8 Å². The van der Waals surface area contributed by atoms with Crippen molar-refractivity contribution >= 4 is 35.3 Å². The van der Waals surface area contributed by atoms with Crippen LogP contribution in [-0.4, -0.2) is 36.5 Å². The molecule has 4 amide bonds. The van der Waals surface area contributed by atoms with Crippen LogP contribution in [0.2, 0.25) is 0 Å². The molecular weight excluding hydrogens is 416 g/mol. The van der Waals surface area contributed by atoms with Gasteiger partial charge < -0.3 is 9.47 Å². The Hall–Kier alpha value is -4.13. The number of hydrogen-bond donors (Lipinski definition) is 1. The van der Waals surface area contributed by atoms with Crippen LogP contribution in [0.4, 0.5) is 16.2 Å². The zero-order valence-corrected chi connectivity index (χ0v) is 19.3. The first-order chi connectivity index (χ1) is 15.7. The molecule has 0 unspecified atom stereocenters. The lowest BCUT2D eigenvalue weighted by Crippen LogP contribution is -2.54. The number of imide groups is 2. The van der Waals surface area contributed by atoms with E-state index in [1.807, 2.05) is 76.2 Å². The summed E-state index contributed by atoms with van der Waals surface area (Å²) in [6.45, 7) is 5.78. The molecule has 0 atom stereocenters. The summed E-state index contributed by atoms with van der Waals surface area (Å²) in [4.78, 5) is 41.3. The lowest BCUT2D eigenvalue weighted by Gasteiger charge is -2.26. The van der Waals surface area contributed by atoms with Crippen molar-refractivity contribution in [3.8, 4) is 5.69 Å². The van der Waals surface area contributed by atoms with Crippen LogP contribution in [0.15, 0.2) is 60.2 Å². The molecule has 1 saturated heterocycles. The maximum Gasteiger partial charge on any atom is 0.335 e. The summed E-state index contributed by atoms with van der Waals surface area (Å²) in [6.07, 6.45) is 1.56. The smallest absolute Gasteiger partial charge is 0.335 e. The van der Waals surface area contributed by atoms with Crippen LogP contribution < -0.4 is 15.1 Å². The third kappa shape index (κ3) is 4.05. The minimum absolute atomic E-state index is 0.0840. The molecule has 0 spiro atoms. The molecule has 1 fully saturated rings. The van der Waals surface area contributed by atoms with Crippen LogP contribution in [0.3, 0.4) is 0 Å². The number of anilines is 2. The van der Waals surface area contributed by atoms with E-state index in [9.17, 15) is 14.4 Å². The van der Waals surface area contributed by atoms with Gasteiger partial charge in [-0.2, -0.15) is 0 Å². The van der Waals surface area contributed by atoms with Crippen molar-refractivity contribution in [2.24, 2.45) is 0 Å². The molecule has 0 bridgehead atoms. The number of urea groups is 1. The highest BCUT2D eigenvalue weighted by molar-refractivity contribution is 6.39. The van der Waals surface area contributed by atoms with Gasteiger partial charge in [0, 0.05) is 36.9 Å². The van der Waals surface area contributed by atoms with E-state index >= 15 is 0 Å². The predicted molar refractivity (Wildman–Crippen MR) is 130 cm³/mol. The van der Waals surface area contributed by atoms with Gasteiger partial charge in [-0.05, 0) is 80.4 Å². The predicted octanol–water partition coefficient (Wildman–Crippen LogP) is 4.13. The number of carbonyl (C=O) groups excluding carboxylic acids is 3. The van der Waals surface area contributed by atoms with Crippen LogP contribution in [0.5, 0.6) is 0 Å². The quantitative estimate of drug-likeness (QED) is 0.487. The third-order valence-corrected chi connectivity index (χ3v) is 5.76. The number of aromatic nitrogens is 1. The SMILES string of the molecule is Cc1cccc(N2C(=O)NC(=O)/C(=C\c3cc(C)n(-c4ccc(N(C)C)cc4)c3C)C2=O)c1. The standard InChI is InChI=1S/C26H26N4O3/c1-16-7-6-8-22(13-16)30-25(32)23(24(31)27-26(30)33)15-19-14-17(2)29(18(19)3)21-11-9-20(10-12-21)28(4)5/h6-15H,1-5H3,(H,27,31,33)/b23-15+. The minimum atomic E-state index is -0.751. The zero-order chi connectivity index (χ0) is 23.9. The van der Waals surface area contributed by atoms with Crippen molar-refractivity contribution in [1.29, 1.82) is 0 Å². The Morgan fingerprint density at radius 3 is 2.21 bits per heavy atom. The van der Waals surface area contributed by atoms with Crippen LogP contribution in [0.1, 0.15) is 22.5 Å². The maximum absolute atomic E-state index is 13.2. The van der Waals surface area contributed by atoms with Crippen molar-refractivity contribution < 1.29 is 14.4 Å². The van der Waals surface area contributed by atoms with Crippen LogP contribution in [0.25, 0.3) is 11.8 Å².